The molecule has 1 aliphatic heterocycles. The van der Waals surface area contributed by atoms with Crippen LogP contribution < -0.4 is 0 Å². The smallest absolute Gasteiger partial charge is 0.146 e. The summed E-state index contributed by atoms with van der Waals surface area (Å²) in [7, 11) is 0. The Morgan fingerprint density at radius 3 is 2.71 bits per heavy atom. The Bertz CT molecular complexity index is 388. The van der Waals surface area contributed by atoms with Crippen molar-refractivity contribution >= 4 is 28.4 Å². The minimum Gasteiger partial charge on any atom is -0.298 e. The number of piperidine rings is 1. The van der Waals surface area contributed by atoms with Crippen molar-refractivity contribution in [2.45, 2.75) is 38.8 Å². The number of carbonyl (C=O) groups is 1. The van der Waals surface area contributed by atoms with Gasteiger partial charge in [0.1, 0.15) is 5.78 Å². The maximum Gasteiger partial charge on any atom is 0.146 e. The summed E-state index contributed by atoms with van der Waals surface area (Å²) in [5, 5.41) is 0. The maximum absolute atomic E-state index is 11.6. The van der Waals surface area contributed by atoms with E-state index >= 15 is 0 Å². The number of Topliss-reactive ketones (excluding diaryl/α,β-unsaturated/α-hetero) is 1. The van der Waals surface area contributed by atoms with Crippen LogP contribution in [0, 0.1) is 3.57 Å². The third-order valence-electron chi connectivity index (χ3n) is 3.38. The molecule has 0 amide bonds. The summed E-state index contributed by atoms with van der Waals surface area (Å²) in [5.41, 5.74) is 1.30. The summed E-state index contributed by atoms with van der Waals surface area (Å²) >= 11 is 2.31. The molecule has 1 aromatic carbocycles. The number of nitrogens with zero attached hydrogens (tertiary/aromatic N) is 1. The van der Waals surface area contributed by atoms with E-state index in [0.29, 0.717) is 5.78 Å². The summed E-state index contributed by atoms with van der Waals surface area (Å²) in [5.74, 6) is 0.315. The number of hydrogen-bond acceptors (Lipinski definition) is 2. The zero-order chi connectivity index (χ0) is 12.3. The number of rotatable bonds is 3. The van der Waals surface area contributed by atoms with Crippen molar-refractivity contribution in [3.05, 3.63) is 33.4 Å². The monoisotopic (exact) mass is 343 g/mol. The van der Waals surface area contributed by atoms with E-state index in [1.807, 2.05) is 0 Å². The molecule has 0 spiro atoms. The van der Waals surface area contributed by atoms with Crippen molar-refractivity contribution in [3.8, 4) is 0 Å². The van der Waals surface area contributed by atoms with Gasteiger partial charge in [-0.2, -0.15) is 0 Å². The van der Waals surface area contributed by atoms with Crippen LogP contribution in [0.3, 0.4) is 0 Å². The van der Waals surface area contributed by atoms with Gasteiger partial charge in [-0.25, -0.2) is 0 Å². The first-order valence-corrected chi connectivity index (χ1v) is 7.23. The van der Waals surface area contributed by atoms with Gasteiger partial charge < -0.3 is 0 Å². The molecule has 1 fully saturated rings. The fraction of sp³-hybridized carbons (Fsp3) is 0.500. The van der Waals surface area contributed by atoms with E-state index in [0.717, 1.165) is 19.5 Å². The zero-order valence-corrected chi connectivity index (χ0v) is 12.3. The van der Waals surface area contributed by atoms with Crippen LogP contribution in [0.5, 0.6) is 0 Å². The first-order valence-electron chi connectivity index (χ1n) is 6.16. The van der Waals surface area contributed by atoms with Crippen molar-refractivity contribution < 1.29 is 4.79 Å². The number of halogens is 1. The van der Waals surface area contributed by atoms with Crippen LogP contribution in [0.15, 0.2) is 24.3 Å². The lowest BCUT2D eigenvalue weighted by Crippen LogP contribution is -2.43. The van der Waals surface area contributed by atoms with Crippen LogP contribution in [-0.4, -0.2) is 23.3 Å². The second kappa shape index (κ2) is 5.96. The Hall–Kier alpha value is -0.420. The van der Waals surface area contributed by atoms with Crippen LogP contribution in [0.4, 0.5) is 0 Å². The molecular formula is C14H18INO. The summed E-state index contributed by atoms with van der Waals surface area (Å²) in [6.45, 7) is 3.67. The second-order valence-electron chi connectivity index (χ2n) is 4.72. The fourth-order valence-electron chi connectivity index (χ4n) is 2.46. The van der Waals surface area contributed by atoms with E-state index in [2.05, 4.69) is 51.8 Å². The van der Waals surface area contributed by atoms with Crippen LogP contribution in [0.25, 0.3) is 0 Å². The molecule has 1 heterocycles. The molecular weight excluding hydrogens is 325 g/mol. The molecule has 1 unspecified atom stereocenters. The minimum atomic E-state index is 0.142. The lowest BCUT2D eigenvalue weighted by molar-refractivity contribution is -0.123. The predicted molar refractivity (Wildman–Crippen MR) is 77.9 cm³/mol. The molecule has 17 heavy (non-hydrogen) atoms. The molecule has 2 rings (SSSR count). The van der Waals surface area contributed by atoms with E-state index in [1.54, 1.807) is 6.92 Å². The van der Waals surface area contributed by atoms with Gasteiger partial charge in [0.05, 0.1) is 6.04 Å². The zero-order valence-electron chi connectivity index (χ0n) is 10.2. The van der Waals surface area contributed by atoms with Gasteiger partial charge >= 0.3 is 0 Å². The highest BCUT2D eigenvalue weighted by atomic mass is 127. The largest absolute Gasteiger partial charge is 0.298 e. The van der Waals surface area contributed by atoms with Gasteiger partial charge in [-0.05, 0) is 66.6 Å². The lowest BCUT2D eigenvalue weighted by atomic mass is 9.98. The first-order chi connectivity index (χ1) is 8.16. The van der Waals surface area contributed by atoms with Gasteiger partial charge in [0.2, 0.25) is 0 Å². The molecule has 1 saturated heterocycles. The van der Waals surface area contributed by atoms with Gasteiger partial charge in [0, 0.05) is 10.1 Å². The second-order valence-corrected chi connectivity index (χ2v) is 5.96. The Morgan fingerprint density at radius 1 is 1.35 bits per heavy atom. The SMILES string of the molecule is CC(=O)C1CCCCN1Cc1ccc(I)cc1. The van der Waals surface area contributed by atoms with Gasteiger partial charge in [-0.15, -0.1) is 0 Å². The van der Waals surface area contributed by atoms with Crippen LogP contribution in [-0.2, 0) is 11.3 Å². The summed E-state index contributed by atoms with van der Waals surface area (Å²) in [6, 6.07) is 8.72. The molecule has 0 aliphatic carbocycles. The molecule has 0 aromatic heterocycles. The normalized spacial score (nSPS) is 21.4. The summed E-state index contributed by atoms with van der Waals surface area (Å²) < 4.78 is 1.26. The fourth-order valence-corrected chi connectivity index (χ4v) is 2.82. The average molecular weight is 343 g/mol. The first kappa shape index (κ1) is 13.0. The van der Waals surface area contributed by atoms with E-state index in [4.69, 9.17) is 0 Å². The lowest BCUT2D eigenvalue weighted by Gasteiger charge is -2.34. The van der Waals surface area contributed by atoms with Crippen molar-refractivity contribution in [2.75, 3.05) is 6.54 Å². The molecule has 2 nitrogen and oxygen atoms in total. The highest BCUT2D eigenvalue weighted by molar-refractivity contribution is 14.1. The number of ketones is 1. The number of carbonyl (C=O) groups excluding carboxylic acids is 1. The third kappa shape index (κ3) is 3.52. The molecule has 1 atom stereocenters. The molecule has 3 heteroatoms. The van der Waals surface area contributed by atoms with Crippen molar-refractivity contribution in [3.63, 3.8) is 0 Å². The van der Waals surface area contributed by atoms with E-state index < -0.39 is 0 Å². The number of likely N-dealkylation sites (tertiary alicyclic amines) is 1. The minimum absolute atomic E-state index is 0.142. The van der Waals surface area contributed by atoms with Crippen LogP contribution in [0.1, 0.15) is 31.7 Å². The van der Waals surface area contributed by atoms with Crippen molar-refractivity contribution in [2.24, 2.45) is 0 Å². The number of benzene rings is 1. The summed E-state index contributed by atoms with van der Waals surface area (Å²) in [6.07, 6.45) is 3.43. The van der Waals surface area contributed by atoms with E-state index in [-0.39, 0.29) is 6.04 Å². The predicted octanol–water partition coefficient (Wildman–Crippen LogP) is 3.23. The maximum atomic E-state index is 11.6. The summed E-state index contributed by atoms with van der Waals surface area (Å²) in [4.78, 5) is 13.9. The molecule has 0 saturated carbocycles. The third-order valence-corrected chi connectivity index (χ3v) is 4.10. The van der Waals surface area contributed by atoms with Gasteiger partial charge in [0.15, 0.2) is 0 Å². The molecule has 92 valence electrons. The number of hydrogen-bond donors (Lipinski definition) is 0. The molecule has 1 aromatic rings. The topological polar surface area (TPSA) is 20.3 Å². The highest BCUT2D eigenvalue weighted by Gasteiger charge is 2.25. The Morgan fingerprint density at radius 2 is 2.06 bits per heavy atom. The van der Waals surface area contributed by atoms with Gasteiger partial charge in [-0.1, -0.05) is 18.6 Å². The Balaban J connectivity index is 2.05. The van der Waals surface area contributed by atoms with Crippen LogP contribution in [0.2, 0.25) is 0 Å². The van der Waals surface area contributed by atoms with Crippen LogP contribution >= 0.6 is 22.6 Å². The standard InChI is InChI=1S/C14H18INO/c1-11(17)14-4-2-3-9-16(14)10-12-5-7-13(15)8-6-12/h5-8,14H,2-4,9-10H2,1H3. The van der Waals surface area contributed by atoms with Crippen molar-refractivity contribution in [1.82, 2.24) is 4.90 Å². The molecule has 1 aliphatic rings. The Kier molecular flexibility index (Phi) is 4.56. The molecule has 0 radical (unpaired) electrons. The Labute approximate surface area is 117 Å². The van der Waals surface area contributed by atoms with Gasteiger partial charge in [0.25, 0.3) is 0 Å². The van der Waals surface area contributed by atoms with Gasteiger partial charge in [-0.3, -0.25) is 9.69 Å². The molecule has 0 N–H and O–H groups in total. The molecule has 0 bridgehead atoms. The average Bonchev–Trinajstić information content (AvgIpc) is 2.32. The quantitative estimate of drug-likeness (QED) is 0.786. The van der Waals surface area contributed by atoms with E-state index in [1.165, 1.54) is 22.0 Å². The highest BCUT2D eigenvalue weighted by Crippen LogP contribution is 2.20. The van der Waals surface area contributed by atoms with Crippen molar-refractivity contribution in [1.29, 1.82) is 0 Å². The van der Waals surface area contributed by atoms with E-state index in [9.17, 15) is 4.79 Å².